The molecule has 3 aromatic carbocycles. The molecule has 100 valence electrons. The average molecular weight is 268 g/mol. The van der Waals surface area contributed by atoms with E-state index >= 15 is 0 Å². The second-order valence-electron chi connectivity index (χ2n) is 4.49. The molecule has 0 spiro atoms. The highest BCUT2D eigenvalue weighted by Gasteiger charge is 2.18. The molecule has 3 aromatic rings. The molecule has 3 rings (SSSR count). The van der Waals surface area contributed by atoms with Gasteiger partial charge in [-0.3, -0.25) is 0 Å². The van der Waals surface area contributed by atoms with Crippen molar-refractivity contribution in [2.24, 2.45) is 0 Å². The molecule has 0 aliphatic heterocycles. The van der Waals surface area contributed by atoms with E-state index in [9.17, 15) is 15.0 Å². The minimum atomic E-state index is -0.687. The van der Waals surface area contributed by atoms with Crippen molar-refractivity contribution in [1.82, 2.24) is 0 Å². The van der Waals surface area contributed by atoms with Crippen LogP contribution in [-0.2, 0) is 4.74 Å². The Morgan fingerprint density at radius 3 is 2.55 bits per heavy atom. The molecule has 2 N–H and O–H groups in total. The van der Waals surface area contributed by atoms with Crippen molar-refractivity contribution in [1.29, 1.82) is 0 Å². The molecule has 0 atom stereocenters. The lowest BCUT2D eigenvalue weighted by Gasteiger charge is -2.11. The summed E-state index contributed by atoms with van der Waals surface area (Å²) in [6.45, 7) is 0. The zero-order valence-corrected chi connectivity index (χ0v) is 10.8. The van der Waals surface area contributed by atoms with Gasteiger partial charge in [0.1, 0.15) is 17.1 Å². The third-order valence-electron chi connectivity index (χ3n) is 3.38. The summed E-state index contributed by atoms with van der Waals surface area (Å²) in [7, 11) is 1.23. The van der Waals surface area contributed by atoms with Gasteiger partial charge in [0.05, 0.1) is 7.11 Å². The van der Waals surface area contributed by atoms with Crippen molar-refractivity contribution in [2.45, 2.75) is 0 Å². The SMILES string of the molecule is COC(=O)c1cc(O)c2c(ccc3ccccc32)c1O. The van der Waals surface area contributed by atoms with Crippen LogP contribution >= 0.6 is 0 Å². The lowest BCUT2D eigenvalue weighted by molar-refractivity contribution is 0.0597. The highest BCUT2D eigenvalue weighted by atomic mass is 16.5. The molecule has 0 radical (unpaired) electrons. The molecule has 0 aliphatic carbocycles. The first-order chi connectivity index (χ1) is 9.63. The van der Waals surface area contributed by atoms with Crippen LogP contribution in [0.1, 0.15) is 10.4 Å². The maximum absolute atomic E-state index is 11.6. The number of benzene rings is 3. The zero-order chi connectivity index (χ0) is 14.3. The summed E-state index contributed by atoms with van der Waals surface area (Å²) < 4.78 is 4.60. The first-order valence-corrected chi connectivity index (χ1v) is 6.08. The average Bonchev–Trinajstić information content (AvgIpc) is 2.49. The Labute approximate surface area is 114 Å². The number of carbonyl (C=O) groups excluding carboxylic acids is 1. The number of hydrogen-bond donors (Lipinski definition) is 2. The first kappa shape index (κ1) is 12.3. The standard InChI is InChI=1S/C16H12O4/c1-20-16(19)12-8-13(17)14-10-5-3-2-4-9(10)6-7-11(14)15(12)18/h2-8,17-18H,1H3. The van der Waals surface area contributed by atoms with Gasteiger partial charge in [-0.1, -0.05) is 30.3 Å². The molecule has 20 heavy (non-hydrogen) atoms. The number of methoxy groups -OCH3 is 1. The van der Waals surface area contributed by atoms with Crippen LogP contribution < -0.4 is 0 Å². The Morgan fingerprint density at radius 1 is 1.05 bits per heavy atom. The molecule has 0 saturated heterocycles. The van der Waals surface area contributed by atoms with E-state index in [2.05, 4.69) is 4.74 Å². The van der Waals surface area contributed by atoms with Gasteiger partial charge in [-0.25, -0.2) is 4.79 Å². The summed E-state index contributed by atoms with van der Waals surface area (Å²) >= 11 is 0. The third kappa shape index (κ3) is 1.66. The number of rotatable bonds is 1. The fourth-order valence-electron chi connectivity index (χ4n) is 2.43. The molecule has 0 aromatic heterocycles. The summed E-state index contributed by atoms with van der Waals surface area (Å²) in [5.41, 5.74) is -0.0484. The van der Waals surface area contributed by atoms with Crippen LogP contribution in [0.25, 0.3) is 21.5 Å². The Bertz CT molecular complexity index is 837. The van der Waals surface area contributed by atoms with Crippen molar-refractivity contribution in [2.75, 3.05) is 7.11 Å². The highest BCUT2D eigenvalue weighted by molar-refractivity contribution is 6.15. The van der Waals surface area contributed by atoms with E-state index in [1.807, 2.05) is 30.3 Å². The van der Waals surface area contributed by atoms with Crippen LogP contribution in [0.2, 0.25) is 0 Å². The fraction of sp³-hybridized carbons (Fsp3) is 0.0625. The van der Waals surface area contributed by atoms with Gasteiger partial charge in [0.2, 0.25) is 0 Å². The lowest BCUT2D eigenvalue weighted by atomic mass is 9.98. The Balaban J connectivity index is 2.47. The maximum atomic E-state index is 11.6. The van der Waals surface area contributed by atoms with Gasteiger partial charge in [-0.15, -0.1) is 0 Å². The Morgan fingerprint density at radius 2 is 1.80 bits per heavy atom. The number of aromatic hydroxyl groups is 2. The summed E-state index contributed by atoms with van der Waals surface area (Å²) in [4.78, 5) is 11.6. The van der Waals surface area contributed by atoms with Crippen molar-refractivity contribution < 1.29 is 19.7 Å². The number of ether oxygens (including phenoxy) is 1. The molecule has 0 saturated carbocycles. The first-order valence-electron chi connectivity index (χ1n) is 6.08. The number of carbonyl (C=O) groups is 1. The van der Waals surface area contributed by atoms with Crippen molar-refractivity contribution >= 4 is 27.5 Å². The van der Waals surface area contributed by atoms with Crippen molar-refractivity contribution in [3.05, 3.63) is 48.0 Å². The van der Waals surface area contributed by atoms with E-state index in [0.717, 1.165) is 10.8 Å². The zero-order valence-electron chi connectivity index (χ0n) is 10.8. The fourth-order valence-corrected chi connectivity index (χ4v) is 2.43. The molecule has 0 heterocycles. The van der Waals surface area contributed by atoms with Gasteiger partial charge in [-0.2, -0.15) is 0 Å². The van der Waals surface area contributed by atoms with E-state index in [-0.39, 0.29) is 17.1 Å². The van der Waals surface area contributed by atoms with Gasteiger partial charge in [0.15, 0.2) is 0 Å². The summed E-state index contributed by atoms with van der Waals surface area (Å²) in [5.74, 6) is -0.932. The lowest BCUT2D eigenvalue weighted by Crippen LogP contribution is -2.01. The molecule has 4 heteroatoms. The molecule has 0 aliphatic rings. The monoisotopic (exact) mass is 268 g/mol. The van der Waals surface area contributed by atoms with E-state index in [1.165, 1.54) is 13.2 Å². The topological polar surface area (TPSA) is 66.8 Å². The van der Waals surface area contributed by atoms with E-state index in [1.54, 1.807) is 6.07 Å². The number of esters is 1. The summed E-state index contributed by atoms with van der Waals surface area (Å²) in [6, 6.07) is 12.3. The molecule has 0 unspecified atom stereocenters. The minimum absolute atomic E-state index is 0.0484. The van der Waals surface area contributed by atoms with Crippen LogP contribution in [0, 0.1) is 0 Å². The number of phenols is 2. The molecule has 4 nitrogen and oxygen atoms in total. The van der Waals surface area contributed by atoms with Crippen molar-refractivity contribution in [3.8, 4) is 11.5 Å². The molecular formula is C16H12O4. The largest absolute Gasteiger partial charge is 0.507 e. The number of hydrogen-bond acceptors (Lipinski definition) is 4. The smallest absolute Gasteiger partial charge is 0.341 e. The molecule has 0 fully saturated rings. The molecular weight excluding hydrogens is 256 g/mol. The van der Waals surface area contributed by atoms with Gasteiger partial charge < -0.3 is 14.9 Å². The maximum Gasteiger partial charge on any atom is 0.341 e. The van der Waals surface area contributed by atoms with Crippen LogP contribution in [-0.4, -0.2) is 23.3 Å². The number of phenolic OH excluding ortho intramolecular Hbond substituents is 2. The molecule has 0 amide bonds. The second kappa shape index (κ2) is 4.42. The quantitative estimate of drug-likeness (QED) is 0.404. The predicted octanol–water partition coefficient (Wildman–Crippen LogP) is 3.19. The van der Waals surface area contributed by atoms with E-state index in [4.69, 9.17) is 0 Å². The minimum Gasteiger partial charge on any atom is -0.507 e. The van der Waals surface area contributed by atoms with Crippen LogP contribution in [0.5, 0.6) is 11.5 Å². The summed E-state index contributed by atoms with van der Waals surface area (Å²) in [6.07, 6.45) is 0. The van der Waals surface area contributed by atoms with E-state index in [0.29, 0.717) is 10.8 Å². The van der Waals surface area contributed by atoms with Crippen LogP contribution in [0.3, 0.4) is 0 Å². The summed E-state index contributed by atoms with van der Waals surface area (Å²) in [5, 5.41) is 23.1. The second-order valence-corrected chi connectivity index (χ2v) is 4.49. The Hall–Kier alpha value is -2.75. The van der Waals surface area contributed by atoms with Gasteiger partial charge in [-0.05, 0) is 22.9 Å². The molecule has 0 bridgehead atoms. The van der Waals surface area contributed by atoms with E-state index < -0.39 is 5.97 Å². The van der Waals surface area contributed by atoms with Gasteiger partial charge in [0.25, 0.3) is 0 Å². The van der Waals surface area contributed by atoms with Gasteiger partial charge >= 0.3 is 5.97 Å². The highest BCUT2D eigenvalue weighted by Crippen LogP contribution is 2.39. The van der Waals surface area contributed by atoms with Gasteiger partial charge in [0, 0.05) is 10.8 Å². The van der Waals surface area contributed by atoms with Crippen molar-refractivity contribution in [3.63, 3.8) is 0 Å². The van der Waals surface area contributed by atoms with Crippen LogP contribution in [0.15, 0.2) is 42.5 Å². The normalized spacial score (nSPS) is 10.8. The predicted molar refractivity (Wildman–Crippen MR) is 76.1 cm³/mol. The Kier molecular flexibility index (Phi) is 2.71. The number of fused-ring (bicyclic) bond motifs is 3. The van der Waals surface area contributed by atoms with Crippen LogP contribution in [0.4, 0.5) is 0 Å². The third-order valence-corrected chi connectivity index (χ3v) is 3.38.